The van der Waals surface area contributed by atoms with Gasteiger partial charge in [-0.25, -0.2) is 39.7 Å². The van der Waals surface area contributed by atoms with E-state index in [0.29, 0.717) is 49.0 Å². The number of aromatic amines is 1. The van der Waals surface area contributed by atoms with Crippen LogP contribution in [0.3, 0.4) is 0 Å². The Bertz CT molecular complexity index is 5730. The SMILES string of the molecule is CC(=O)O.CC1(C)OB(c2ccc3oc(N)nc3c2)OC1(C)C.CN1CCC(O)CC1.CN1CCC(Oc2ncnc3ccc(-c4ccc5oc(N)nc5c4)cc23)CC1.CN1CCC(Oc2ncnc3ccc(Br)cc23)CC1.Clc1ncnc2ccc(Br)cc12.N=CN.Nc1ccc(Br)cc1C(=O)O.O=P(Cl)(Cl)Cl.O=c1[nH]cnc2ccc(Br)cc12. The molecule has 0 spiro atoms. The number of aliphatic hydroxyl groups is 1. The van der Waals surface area contributed by atoms with Gasteiger partial charge in [0.2, 0.25) is 11.8 Å². The number of aliphatic hydroxyl groups excluding tert-OH is 1. The van der Waals surface area contributed by atoms with E-state index in [1.807, 2.05) is 119 Å². The summed E-state index contributed by atoms with van der Waals surface area (Å²) in [5.74, 6) is -0.502. The van der Waals surface area contributed by atoms with E-state index in [1.165, 1.54) is 18.7 Å². The van der Waals surface area contributed by atoms with Gasteiger partial charge in [-0.2, -0.15) is 9.97 Å². The van der Waals surface area contributed by atoms with E-state index in [1.54, 1.807) is 36.9 Å². The molecule has 4 aliphatic rings. The Morgan fingerprint density at radius 3 is 1.41 bits per heavy atom. The first-order chi connectivity index (χ1) is 57.2. The number of nitrogen functional groups attached to an aromatic ring is 3. The van der Waals surface area contributed by atoms with Crippen molar-refractivity contribution < 1.29 is 57.1 Å². The number of ether oxygens (including phenoxy) is 2. The molecule has 6 aromatic heterocycles. The van der Waals surface area contributed by atoms with Crippen molar-refractivity contribution in [2.45, 2.75) is 103 Å². The fourth-order valence-electron chi connectivity index (χ4n) is 11.9. The van der Waals surface area contributed by atoms with Crippen molar-refractivity contribution in [2.75, 3.05) is 77.6 Å². The molecule has 17 rings (SSSR count). The first-order valence-electron chi connectivity index (χ1n) is 37.2. The molecule has 0 unspecified atom stereocenters. The lowest BCUT2D eigenvalue weighted by atomic mass is 9.79. The van der Waals surface area contributed by atoms with Crippen molar-refractivity contribution in [1.82, 2.24) is 64.5 Å². The molecule has 642 valence electrons. The number of benzene rings is 7. The topological polar surface area (TPSA) is 462 Å². The van der Waals surface area contributed by atoms with E-state index >= 15 is 0 Å². The average molecular weight is 2010 g/mol. The van der Waals surface area contributed by atoms with E-state index in [0.717, 1.165) is 159 Å². The van der Waals surface area contributed by atoms with Gasteiger partial charge in [-0.1, -0.05) is 93.5 Å². The number of hydrogen-bond acceptors (Lipinski definition) is 27. The van der Waals surface area contributed by atoms with Crippen LogP contribution in [0.5, 0.6) is 11.8 Å². The lowest BCUT2D eigenvalue weighted by molar-refractivity contribution is -0.134. The highest BCUT2D eigenvalue weighted by Crippen LogP contribution is 2.61. The maximum absolute atomic E-state index is 11.2. The molecule has 41 heteroatoms. The van der Waals surface area contributed by atoms with Gasteiger partial charge in [0.15, 0.2) is 11.2 Å². The summed E-state index contributed by atoms with van der Waals surface area (Å²) < 4.78 is 48.0. The fraction of sp³-hybridized carbons (Fsp3) is 0.312. The number of aliphatic carboxylic acids is 1. The number of hydrogen-bond donors (Lipinski definition) is 9. The molecule has 4 fully saturated rings. The number of carboxylic acid groups (broad SMARTS) is 2. The second-order valence-electron chi connectivity index (χ2n) is 28.5. The maximum Gasteiger partial charge on any atom is 0.494 e. The van der Waals surface area contributed by atoms with Crippen LogP contribution in [-0.4, -0.2) is 195 Å². The zero-order valence-electron chi connectivity index (χ0n) is 66.9. The Morgan fingerprint density at radius 2 is 0.942 bits per heavy atom. The number of rotatable bonds is 7. The van der Waals surface area contributed by atoms with Crippen molar-refractivity contribution in [3.8, 4) is 22.9 Å². The molecular formula is C80H90BBr4Cl4N18O13P. The number of H-pyrrole nitrogens is 1. The third-order valence-corrected chi connectivity index (χ3v) is 21.1. The molecule has 31 nitrogen and oxygen atoms in total. The summed E-state index contributed by atoms with van der Waals surface area (Å²) in [5.41, 5.74) is 29.7. The summed E-state index contributed by atoms with van der Waals surface area (Å²) in [6.07, 6.45) is 13.2. The molecule has 4 saturated heterocycles. The van der Waals surface area contributed by atoms with E-state index < -0.39 is 24.3 Å². The molecule has 10 heterocycles. The zero-order valence-corrected chi connectivity index (χ0v) is 77.1. The number of nitrogens with zero attached hydrogens (tertiary/aromatic N) is 12. The van der Waals surface area contributed by atoms with Crippen LogP contribution in [0.4, 0.5) is 17.7 Å². The molecule has 121 heavy (non-hydrogen) atoms. The van der Waals surface area contributed by atoms with Crippen molar-refractivity contribution in [2.24, 2.45) is 5.73 Å². The third-order valence-electron chi connectivity index (χ3n) is 18.8. The lowest BCUT2D eigenvalue weighted by Crippen LogP contribution is -2.41. The summed E-state index contributed by atoms with van der Waals surface area (Å²) in [7, 11) is 5.98. The first kappa shape index (κ1) is 97.6. The van der Waals surface area contributed by atoms with E-state index in [-0.39, 0.29) is 58.4 Å². The van der Waals surface area contributed by atoms with Crippen molar-refractivity contribution in [3.63, 3.8) is 0 Å². The van der Waals surface area contributed by atoms with Gasteiger partial charge in [-0.3, -0.25) is 19.6 Å². The molecule has 0 bridgehead atoms. The zero-order chi connectivity index (χ0) is 88.5. The fourth-order valence-corrected chi connectivity index (χ4v) is 13.5. The number of aromatic carboxylic acids is 1. The predicted molar refractivity (Wildman–Crippen MR) is 493 cm³/mol. The molecule has 13 aromatic rings. The minimum Gasteiger partial charge on any atom is -0.481 e. The lowest BCUT2D eigenvalue weighted by Gasteiger charge is -2.32. The predicted octanol–water partition coefficient (Wildman–Crippen LogP) is 17.1. The van der Waals surface area contributed by atoms with Gasteiger partial charge >= 0.3 is 18.3 Å². The molecule has 0 saturated carbocycles. The standard InChI is InChI=1S/C21H21N5O2.C14H16BrN3O.C13H17BN2O3.C8H4BrClN2.C8H5BrN2O.C7H6BrNO2.C6H13NO.C2H4O2.CH4N2.Cl3OP/c1-26-8-6-15(7-9-26)27-20-16-10-13(2-4-17(16)23-12-24-20)14-3-5-19-18(11-14)25-21(22)28-19;1-18-6-4-11(5-7-18)19-14-12-8-10(15)2-3-13(12)16-9-17-14;1-12(2)13(3,4)19-14(18-12)8-5-6-10-9(7-8)16-11(15)17-10;9-5-1-2-7-6(3-5)8(10)12-4-11-7;9-5-1-2-7-6(3-5)8(12)11-4-10-7;8-4-1-2-6(9)5(3-4)7(10)11;1-7-4-2-6(8)3-5-7;1-2(3)4;2-1-3;1-5(2,3)4/h2-5,10-12,15H,6-9H2,1H3,(H2,22,25);2-3,8-9,11H,4-7H2,1H3;5-7H,1-4H3,(H2,15,16);1-4H;1-4H,(H,10,11,12);1-3H,9H2,(H,10,11);6,8H,2-5H2,1H3;1H3,(H,3,4);1H,(H3,2,3);. The van der Waals surface area contributed by atoms with Crippen LogP contribution in [-0.2, 0) is 18.7 Å². The Kier molecular flexibility index (Phi) is 37.2. The number of nitrogens with one attached hydrogen (secondary N) is 2. The number of carboxylic acids is 2. The van der Waals surface area contributed by atoms with Gasteiger partial charge in [0.1, 0.15) is 47.4 Å². The van der Waals surface area contributed by atoms with Gasteiger partial charge in [-0.15, -0.1) is 0 Å². The highest BCUT2D eigenvalue weighted by molar-refractivity contribution is 9.11. The van der Waals surface area contributed by atoms with Crippen molar-refractivity contribution >= 4 is 229 Å². The molecule has 13 N–H and O–H groups in total. The van der Waals surface area contributed by atoms with Crippen LogP contribution < -0.4 is 43.4 Å². The summed E-state index contributed by atoms with van der Waals surface area (Å²) >= 11 is 33.0. The minimum absolute atomic E-state index is 0.0220. The number of carbonyl (C=O) groups is 2. The number of nitrogens with two attached hydrogens (primary N) is 4. The molecule has 0 atom stereocenters. The second kappa shape index (κ2) is 46.1. The number of anilines is 3. The second-order valence-corrected chi connectivity index (χ2v) is 39.1. The van der Waals surface area contributed by atoms with Crippen LogP contribution >= 0.6 is 114 Å². The van der Waals surface area contributed by atoms with E-state index in [2.05, 4.69) is 195 Å². The Balaban J connectivity index is 0.000000177. The number of likely N-dealkylation sites (tertiary alicyclic amines) is 3. The molecular weight excluding hydrogens is 1920 g/mol. The molecule has 0 radical (unpaired) electrons. The Morgan fingerprint density at radius 1 is 0.562 bits per heavy atom. The summed E-state index contributed by atoms with van der Waals surface area (Å²) in [4.78, 5) is 77.8. The van der Waals surface area contributed by atoms with E-state index in [4.69, 9.17) is 81.9 Å². The van der Waals surface area contributed by atoms with Crippen molar-refractivity contribution in [3.05, 3.63) is 192 Å². The minimum atomic E-state index is -3.22. The normalized spacial score (nSPS) is 15.3. The summed E-state index contributed by atoms with van der Waals surface area (Å²) in [5, 5.41) is 31.5. The maximum atomic E-state index is 11.2. The summed E-state index contributed by atoms with van der Waals surface area (Å²) in [6.45, 7) is 15.6. The van der Waals surface area contributed by atoms with Gasteiger partial charge < -0.3 is 85.6 Å². The number of halogens is 8. The quantitative estimate of drug-likeness (QED) is 0.0179. The van der Waals surface area contributed by atoms with Crippen LogP contribution in [0, 0.1) is 5.41 Å². The third kappa shape index (κ3) is 30.9. The number of aromatic nitrogens is 10. The molecule has 4 aliphatic heterocycles. The number of fused-ring (bicyclic) bond motifs is 6. The van der Waals surface area contributed by atoms with Crippen LogP contribution in [0.1, 0.15) is 83.5 Å². The Hall–Kier alpha value is -8.82. The van der Waals surface area contributed by atoms with Crippen LogP contribution in [0.15, 0.2) is 184 Å². The monoisotopic (exact) mass is 2010 g/mol. The van der Waals surface area contributed by atoms with Gasteiger partial charge in [0, 0.05) is 75.2 Å². The Labute approximate surface area is 750 Å². The highest BCUT2D eigenvalue weighted by Gasteiger charge is 2.52. The van der Waals surface area contributed by atoms with Gasteiger partial charge in [-0.05, 0) is 247 Å². The number of oxazole rings is 2. The largest absolute Gasteiger partial charge is 0.494 e. The van der Waals surface area contributed by atoms with E-state index in [9.17, 15) is 14.2 Å². The first-order valence-corrected chi connectivity index (χ1v) is 45.2. The molecule has 0 aliphatic carbocycles. The van der Waals surface area contributed by atoms with Crippen LogP contribution in [0.25, 0.3) is 76.9 Å². The average Bonchev–Trinajstić information content (AvgIpc) is 1.63. The van der Waals surface area contributed by atoms with Gasteiger partial charge in [0.05, 0.1) is 73.8 Å². The van der Waals surface area contributed by atoms with Crippen LogP contribution in [0.2, 0.25) is 5.15 Å². The number of piperidine rings is 3. The smallest absolute Gasteiger partial charge is 0.481 e. The molecule has 7 aromatic carbocycles. The van der Waals surface area contributed by atoms with Gasteiger partial charge in [0.25, 0.3) is 23.6 Å². The summed E-state index contributed by atoms with van der Waals surface area (Å²) in [6, 6.07) is 39.7. The molecule has 0 amide bonds. The van der Waals surface area contributed by atoms with Crippen molar-refractivity contribution in [1.29, 1.82) is 5.41 Å². The highest BCUT2D eigenvalue weighted by atomic mass is 79.9.